The van der Waals surface area contributed by atoms with Gasteiger partial charge in [0.1, 0.15) is 11.5 Å². The summed E-state index contributed by atoms with van der Waals surface area (Å²) in [6.45, 7) is 3.05. The number of benzene rings is 1. The second-order valence-corrected chi connectivity index (χ2v) is 6.56. The molecular weight excluding hydrogens is 374 g/mol. The quantitative estimate of drug-likeness (QED) is 0.590. The van der Waals surface area contributed by atoms with Crippen LogP contribution in [0.1, 0.15) is 11.3 Å². The zero-order valence-electron chi connectivity index (χ0n) is 14.8. The maximum absolute atomic E-state index is 12.0. The van der Waals surface area contributed by atoms with Crippen molar-refractivity contribution in [2.24, 2.45) is 0 Å². The summed E-state index contributed by atoms with van der Waals surface area (Å²) < 4.78 is 9.92. The SMILES string of the molecule is Cc1cc(NC(=O)CSCC(=O)Nc2ccc(OCC(=O)O)cc2C)no1. The summed E-state index contributed by atoms with van der Waals surface area (Å²) in [6, 6.07) is 6.45. The largest absolute Gasteiger partial charge is 0.482 e. The number of ether oxygens (including phenoxy) is 1. The fraction of sp³-hybridized carbons (Fsp3) is 0.294. The first-order valence-electron chi connectivity index (χ1n) is 7.89. The molecule has 0 saturated heterocycles. The lowest BCUT2D eigenvalue weighted by Gasteiger charge is -2.10. The van der Waals surface area contributed by atoms with Crippen LogP contribution in [0.3, 0.4) is 0 Å². The number of aromatic nitrogens is 1. The Morgan fingerprint density at radius 1 is 1.15 bits per heavy atom. The Morgan fingerprint density at radius 3 is 2.44 bits per heavy atom. The van der Waals surface area contributed by atoms with Crippen molar-refractivity contribution in [3.8, 4) is 5.75 Å². The van der Waals surface area contributed by atoms with E-state index in [1.807, 2.05) is 0 Å². The second-order valence-electron chi connectivity index (χ2n) is 5.57. The Hall–Kier alpha value is -3.01. The summed E-state index contributed by atoms with van der Waals surface area (Å²) in [5, 5.41) is 17.6. The van der Waals surface area contributed by atoms with Crippen molar-refractivity contribution in [3.05, 3.63) is 35.6 Å². The molecule has 3 N–H and O–H groups in total. The van der Waals surface area contributed by atoms with Gasteiger partial charge in [0.05, 0.1) is 11.5 Å². The van der Waals surface area contributed by atoms with Gasteiger partial charge in [0, 0.05) is 11.8 Å². The third kappa shape index (κ3) is 7.02. The minimum absolute atomic E-state index is 0.0975. The molecule has 2 amide bonds. The van der Waals surface area contributed by atoms with Crippen LogP contribution in [0.4, 0.5) is 11.5 Å². The third-order valence-corrected chi connectivity index (χ3v) is 4.13. The van der Waals surface area contributed by atoms with E-state index in [9.17, 15) is 14.4 Å². The fourth-order valence-electron chi connectivity index (χ4n) is 2.04. The van der Waals surface area contributed by atoms with Gasteiger partial charge in [-0.25, -0.2) is 4.79 Å². The summed E-state index contributed by atoms with van der Waals surface area (Å²) in [6.07, 6.45) is 0. The van der Waals surface area contributed by atoms with Crippen LogP contribution in [0.25, 0.3) is 0 Å². The molecule has 0 bridgehead atoms. The number of aliphatic carboxylic acids is 1. The number of carbonyl (C=O) groups excluding carboxylic acids is 2. The molecule has 27 heavy (non-hydrogen) atoms. The highest BCUT2D eigenvalue weighted by Gasteiger charge is 2.10. The molecule has 0 radical (unpaired) electrons. The topological polar surface area (TPSA) is 131 Å². The molecule has 2 rings (SSSR count). The number of carbonyl (C=O) groups is 3. The number of hydrogen-bond donors (Lipinski definition) is 3. The zero-order valence-corrected chi connectivity index (χ0v) is 15.6. The zero-order chi connectivity index (χ0) is 19.8. The van der Waals surface area contributed by atoms with E-state index in [1.165, 1.54) is 0 Å². The molecule has 2 aromatic rings. The number of rotatable bonds is 9. The minimum atomic E-state index is -1.07. The summed E-state index contributed by atoms with van der Waals surface area (Å²) in [4.78, 5) is 34.3. The van der Waals surface area contributed by atoms with E-state index in [0.717, 1.165) is 17.3 Å². The predicted octanol–water partition coefficient (Wildman–Crippen LogP) is 2.07. The highest BCUT2D eigenvalue weighted by molar-refractivity contribution is 8.00. The highest BCUT2D eigenvalue weighted by atomic mass is 32.2. The number of nitrogens with zero attached hydrogens (tertiary/aromatic N) is 1. The van der Waals surface area contributed by atoms with Crippen LogP contribution in [0.15, 0.2) is 28.8 Å². The van der Waals surface area contributed by atoms with E-state index < -0.39 is 12.6 Å². The van der Waals surface area contributed by atoms with Crippen LogP contribution in [-0.4, -0.2) is 46.2 Å². The van der Waals surface area contributed by atoms with Crippen molar-refractivity contribution < 1.29 is 28.8 Å². The average molecular weight is 393 g/mol. The van der Waals surface area contributed by atoms with Gasteiger partial charge in [-0.3, -0.25) is 9.59 Å². The van der Waals surface area contributed by atoms with Crippen LogP contribution in [0.5, 0.6) is 5.75 Å². The molecule has 1 heterocycles. The van der Waals surface area contributed by atoms with Crippen molar-refractivity contribution in [3.63, 3.8) is 0 Å². The molecular formula is C17H19N3O6S. The van der Waals surface area contributed by atoms with E-state index >= 15 is 0 Å². The van der Waals surface area contributed by atoms with Gasteiger partial charge in [-0.1, -0.05) is 5.16 Å². The minimum Gasteiger partial charge on any atom is -0.482 e. The number of aryl methyl sites for hydroxylation is 2. The van der Waals surface area contributed by atoms with Crippen LogP contribution in [0.2, 0.25) is 0 Å². The smallest absolute Gasteiger partial charge is 0.341 e. The molecule has 1 aromatic heterocycles. The van der Waals surface area contributed by atoms with Gasteiger partial charge in [0.25, 0.3) is 0 Å². The molecule has 0 unspecified atom stereocenters. The molecule has 0 spiro atoms. The summed E-state index contributed by atoms with van der Waals surface area (Å²) in [7, 11) is 0. The highest BCUT2D eigenvalue weighted by Crippen LogP contribution is 2.21. The van der Waals surface area contributed by atoms with Gasteiger partial charge in [0.15, 0.2) is 12.4 Å². The van der Waals surface area contributed by atoms with Crippen molar-refractivity contribution in [2.45, 2.75) is 13.8 Å². The van der Waals surface area contributed by atoms with Crippen LogP contribution >= 0.6 is 11.8 Å². The number of amides is 2. The number of anilines is 2. The van der Waals surface area contributed by atoms with Crippen molar-refractivity contribution >= 4 is 41.1 Å². The Bertz CT molecular complexity index is 836. The van der Waals surface area contributed by atoms with E-state index in [-0.39, 0.29) is 23.3 Å². The molecule has 9 nitrogen and oxygen atoms in total. The number of carboxylic acid groups (broad SMARTS) is 1. The molecule has 0 aliphatic heterocycles. The summed E-state index contributed by atoms with van der Waals surface area (Å²) in [5.41, 5.74) is 1.32. The molecule has 144 valence electrons. The van der Waals surface area contributed by atoms with E-state index in [4.69, 9.17) is 14.4 Å². The monoisotopic (exact) mass is 393 g/mol. The van der Waals surface area contributed by atoms with Gasteiger partial charge in [-0.15, -0.1) is 11.8 Å². The van der Waals surface area contributed by atoms with Crippen molar-refractivity contribution in [1.29, 1.82) is 0 Å². The maximum atomic E-state index is 12.0. The number of nitrogens with one attached hydrogen (secondary N) is 2. The lowest BCUT2D eigenvalue weighted by atomic mass is 10.2. The Kier molecular flexibility index (Phi) is 7.24. The Morgan fingerprint density at radius 2 is 1.85 bits per heavy atom. The molecule has 0 aliphatic rings. The number of carboxylic acids is 1. The van der Waals surface area contributed by atoms with Gasteiger partial charge in [-0.05, 0) is 37.6 Å². The van der Waals surface area contributed by atoms with Crippen molar-refractivity contribution in [2.75, 3.05) is 28.7 Å². The van der Waals surface area contributed by atoms with Gasteiger partial charge < -0.3 is 25.0 Å². The number of thioether (sulfide) groups is 1. The fourth-order valence-corrected chi connectivity index (χ4v) is 2.66. The molecule has 0 atom stereocenters. The lowest BCUT2D eigenvalue weighted by molar-refractivity contribution is -0.139. The first-order chi connectivity index (χ1) is 12.8. The summed E-state index contributed by atoms with van der Waals surface area (Å²) >= 11 is 1.16. The average Bonchev–Trinajstić information content (AvgIpc) is 3.00. The van der Waals surface area contributed by atoms with E-state index in [1.54, 1.807) is 38.1 Å². The van der Waals surface area contributed by atoms with E-state index in [2.05, 4.69) is 15.8 Å². The normalized spacial score (nSPS) is 10.3. The first kappa shape index (κ1) is 20.3. The molecule has 0 fully saturated rings. The second kappa shape index (κ2) is 9.62. The Balaban J connectivity index is 1.75. The standard InChI is InChI=1S/C17H19N3O6S/c1-10-5-12(25-7-17(23)24)3-4-13(10)18-15(21)8-27-9-16(22)19-14-6-11(2)26-20-14/h3-6H,7-9H2,1-2H3,(H,18,21)(H,23,24)(H,19,20,22). The molecule has 1 aromatic carbocycles. The number of hydrogen-bond acceptors (Lipinski definition) is 7. The van der Waals surface area contributed by atoms with Crippen molar-refractivity contribution in [1.82, 2.24) is 5.16 Å². The van der Waals surface area contributed by atoms with E-state index in [0.29, 0.717) is 23.0 Å². The molecule has 0 aliphatic carbocycles. The first-order valence-corrected chi connectivity index (χ1v) is 9.05. The molecule has 0 saturated carbocycles. The van der Waals surface area contributed by atoms with Crippen LogP contribution < -0.4 is 15.4 Å². The van der Waals surface area contributed by atoms with Crippen LogP contribution in [-0.2, 0) is 14.4 Å². The lowest BCUT2D eigenvalue weighted by Crippen LogP contribution is -2.19. The summed E-state index contributed by atoms with van der Waals surface area (Å²) in [5.74, 6) is -0.0747. The maximum Gasteiger partial charge on any atom is 0.341 e. The molecule has 10 heteroatoms. The predicted molar refractivity (Wildman–Crippen MR) is 100 cm³/mol. The Labute approximate surface area is 159 Å². The van der Waals surface area contributed by atoms with Gasteiger partial charge >= 0.3 is 5.97 Å². The van der Waals surface area contributed by atoms with Gasteiger partial charge in [0.2, 0.25) is 11.8 Å². The van der Waals surface area contributed by atoms with Crippen LogP contribution in [0, 0.1) is 13.8 Å². The third-order valence-electron chi connectivity index (χ3n) is 3.20. The van der Waals surface area contributed by atoms with Gasteiger partial charge in [-0.2, -0.15) is 0 Å².